The fraction of sp³-hybridized carbons (Fsp3) is 0.939. The van der Waals surface area contributed by atoms with E-state index in [-0.39, 0.29) is 42.7 Å². The zero-order valence-corrected chi connectivity index (χ0v) is 34.6. The smallest absolute Gasteiger partial charge is 0.238 e. The fourth-order valence-corrected chi connectivity index (χ4v) is 9.02. The van der Waals surface area contributed by atoms with Crippen LogP contribution >= 0.6 is 26.0 Å². The van der Waals surface area contributed by atoms with Gasteiger partial charge >= 0.3 is 0 Å². The first kappa shape index (κ1) is 49.7. The molecule has 2 heterocycles. The molecule has 4 radical (unpaired) electrons. The van der Waals surface area contributed by atoms with Crippen molar-refractivity contribution in [2.75, 3.05) is 53.4 Å². The third-order valence-corrected chi connectivity index (χ3v) is 13.9. The quantitative estimate of drug-likeness (QED) is 0.0711. The van der Waals surface area contributed by atoms with Crippen molar-refractivity contribution in [3.05, 3.63) is 11.4 Å². The number of nitrogens with zero attached hydrogens (tertiary/aromatic N) is 3. The molecule has 17 heteroatoms. The van der Waals surface area contributed by atoms with Crippen LogP contribution in [0.15, 0.2) is 4.74 Å². The van der Waals surface area contributed by atoms with E-state index in [1.54, 1.807) is 14.2 Å². The van der Waals surface area contributed by atoms with Gasteiger partial charge in [-0.25, -0.2) is 6.57 Å². The molecule has 0 bridgehead atoms. The lowest BCUT2D eigenvalue weighted by molar-refractivity contribution is -0.0792. The molecule has 0 aromatic rings. The van der Waals surface area contributed by atoms with Crippen molar-refractivity contribution >= 4 is 41.7 Å². The molecular formula is C33H62B2ClN3O9P2. The lowest BCUT2D eigenvalue weighted by Gasteiger charge is -2.28. The maximum atomic E-state index is 9.87. The third-order valence-electron chi connectivity index (χ3n) is 7.60. The van der Waals surface area contributed by atoms with E-state index in [2.05, 4.69) is 29.5 Å². The first-order valence-corrected chi connectivity index (χ1v) is 21.9. The summed E-state index contributed by atoms with van der Waals surface area (Å²) < 4.78 is 48.8. The number of rotatable bonds is 19. The normalized spacial score (nSPS) is 29.1. The van der Waals surface area contributed by atoms with Crippen LogP contribution in [0.3, 0.4) is 0 Å². The Morgan fingerprint density at radius 2 is 1.48 bits per heavy atom. The lowest BCUT2D eigenvalue weighted by Crippen LogP contribution is -2.39. The monoisotopic (exact) mass is 763 g/mol. The van der Waals surface area contributed by atoms with Gasteiger partial charge in [0.05, 0.1) is 50.1 Å². The second-order valence-corrected chi connectivity index (χ2v) is 19.0. The molecule has 2 saturated heterocycles. The number of nitriles is 1. The molecule has 0 aromatic heterocycles. The van der Waals surface area contributed by atoms with Crippen LogP contribution in [-0.2, 0) is 37.5 Å². The van der Waals surface area contributed by atoms with E-state index in [9.17, 15) is 5.11 Å². The number of aliphatic hydroxyl groups is 1. The Labute approximate surface area is 311 Å². The lowest BCUT2D eigenvalue weighted by atomic mass is 9.92. The first-order valence-electron chi connectivity index (χ1n) is 17.4. The second kappa shape index (κ2) is 27.3. The highest BCUT2D eigenvalue weighted by atomic mass is 35.7. The number of hydrogen-bond acceptors (Lipinski definition) is 11. The highest BCUT2D eigenvalue weighted by molar-refractivity contribution is 7.91. The molecule has 0 aliphatic carbocycles. The van der Waals surface area contributed by atoms with Crippen molar-refractivity contribution < 1.29 is 42.6 Å². The summed E-state index contributed by atoms with van der Waals surface area (Å²) in [5.41, 5.74) is 0.380. The van der Waals surface area contributed by atoms with E-state index >= 15 is 0 Å². The average Bonchev–Trinajstić information content (AvgIpc) is 3.49. The van der Waals surface area contributed by atoms with E-state index < -0.39 is 39.0 Å². The van der Waals surface area contributed by atoms with E-state index in [4.69, 9.17) is 76.2 Å². The Bertz CT molecular complexity index is 1040. The minimum Gasteiger partial charge on any atom is -0.388 e. The Kier molecular flexibility index (Phi) is 27.1. The van der Waals surface area contributed by atoms with Crippen molar-refractivity contribution in [2.24, 2.45) is 4.74 Å². The molecule has 12 atom stereocenters. The van der Waals surface area contributed by atoms with E-state index in [0.717, 1.165) is 19.0 Å². The van der Waals surface area contributed by atoms with Crippen LogP contribution in [0.2, 0.25) is 0 Å². The maximum Gasteiger partial charge on any atom is 0.238 e. The molecule has 286 valence electrons. The zero-order chi connectivity index (χ0) is 38.4. The Balaban J connectivity index is 0.000000754. The zero-order valence-electron chi connectivity index (χ0n) is 32.1. The van der Waals surface area contributed by atoms with E-state index in [0.29, 0.717) is 38.4 Å². The minimum atomic E-state index is -1.74. The number of hydrogen-bond donors (Lipinski definition) is 1. The van der Waals surface area contributed by atoms with Gasteiger partial charge in [-0.1, -0.05) is 38.9 Å². The summed E-state index contributed by atoms with van der Waals surface area (Å²) in [4.78, 5) is 3.25. The molecule has 6 unspecified atom stereocenters. The highest BCUT2D eigenvalue weighted by Crippen LogP contribution is 2.60. The standard InChI is InChI=1S/C14H25BNO5P.C10H19BO4.C9H18ClN2P/c1-6-11-12(21-22(5)18-8-7-16-3)13(14(15)20-11)19-10(2)9-17-4;1-4-7-8(12)9(10(11)15-7)14-6(2)5-13-3;1-8(2)12-13(10,9(3)4)7-5-6-11/h10-14H,6-9H2,1-2,4-5H3;6-10,12H,4-5H2,1-3H3;8-9H,5,7H2,1-4H3/t10?,11-,12?,13+,14-,22?;6?,7-,8?,9+,10-;/m11./s1. The first-order chi connectivity index (χ1) is 23.5. The van der Waals surface area contributed by atoms with Gasteiger partial charge in [0.25, 0.3) is 0 Å². The number of halogens is 1. The van der Waals surface area contributed by atoms with Gasteiger partial charge in [0.2, 0.25) is 6.54 Å². The van der Waals surface area contributed by atoms with Gasteiger partial charge in [0, 0.05) is 57.2 Å². The molecule has 0 aromatic carbocycles. The molecule has 12 nitrogen and oxygen atoms in total. The van der Waals surface area contributed by atoms with Crippen molar-refractivity contribution in [1.29, 1.82) is 5.26 Å². The van der Waals surface area contributed by atoms with Crippen LogP contribution in [0.25, 0.3) is 4.85 Å². The number of ether oxygens (including phenoxy) is 6. The summed E-state index contributed by atoms with van der Waals surface area (Å²) in [5.74, 6) is 0. The van der Waals surface area contributed by atoms with Crippen LogP contribution in [0, 0.1) is 17.9 Å². The van der Waals surface area contributed by atoms with Crippen LogP contribution in [0.5, 0.6) is 0 Å². The van der Waals surface area contributed by atoms with Gasteiger partial charge in [-0.2, -0.15) is 5.26 Å². The van der Waals surface area contributed by atoms with Gasteiger partial charge in [-0.3, -0.25) is 4.74 Å². The summed E-state index contributed by atoms with van der Waals surface area (Å²) in [5, 5.41) is 18.4. The second-order valence-electron chi connectivity index (χ2n) is 12.7. The Hall–Kier alpha value is -0.300. The summed E-state index contributed by atoms with van der Waals surface area (Å²) in [6, 6.07) is 1.33. The molecule has 0 saturated carbocycles. The Morgan fingerprint density at radius 1 is 0.960 bits per heavy atom. The number of methoxy groups -OCH3 is 2. The van der Waals surface area contributed by atoms with Crippen LogP contribution in [0.4, 0.5) is 0 Å². The van der Waals surface area contributed by atoms with E-state index in [1.165, 1.54) is 0 Å². The van der Waals surface area contributed by atoms with Gasteiger partial charge in [-0.15, -0.1) is 0 Å². The van der Waals surface area contributed by atoms with Crippen molar-refractivity contribution in [3.8, 4) is 6.07 Å². The SMILES string of the molecule is CC(C)N=P(Cl)(CCC#N)C(C)C.[B][C@@H]1O[C@H](CC)C(O)[C@@H]1OC(C)COC.[B][C@@H]1O[C@H](CC)C(OP(C)OCC[N+]#[C-])[C@@H]1OC(C)COC. The van der Waals surface area contributed by atoms with Crippen LogP contribution in [0.1, 0.15) is 74.7 Å². The molecule has 2 aliphatic heterocycles. The molecule has 50 heavy (non-hydrogen) atoms. The molecular weight excluding hydrogens is 701 g/mol. The highest BCUT2D eigenvalue weighted by Gasteiger charge is 2.45. The van der Waals surface area contributed by atoms with Crippen LogP contribution in [-0.4, -0.2) is 147 Å². The fourth-order valence-electron chi connectivity index (χ4n) is 5.17. The summed E-state index contributed by atoms with van der Waals surface area (Å²) in [7, 11) is 13.9. The molecule has 0 amide bonds. The van der Waals surface area contributed by atoms with Gasteiger partial charge in [0.1, 0.15) is 46.7 Å². The van der Waals surface area contributed by atoms with Gasteiger partial charge in [-0.05, 0) is 40.5 Å². The largest absolute Gasteiger partial charge is 0.388 e. The van der Waals surface area contributed by atoms with Crippen LogP contribution < -0.4 is 0 Å². The molecule has 1 N–H and O–H groups in total. The van der Waals surface area contributed by atoms with Crippen molar-refractivity contribution in [2.45, 2.75) is 147 Å². The van der Waals surface area contributed by atoms with Gasteiger partial charge in [0.15, 0.2) is 8.38 Å². The topological polar surface area (TPSA) is 135 Å². The van der Waals surface area contributed by atoms with E-state index in [1.807, 2.05) is 48.2 Å². The predicted octanol–water partition coefficient (Wildman–Crippen LogP) is 6.12. The van der Waals surface area contributed by atoms with Crippen molar-refractivity contribution in [1.82, 2.24) is 0 Å². The van der Waals surface area contributed by atoms with Crippen molar-refractivity contribution in [3.63, 3.8) is 0 Å². The molecule has 2 fully saturated rings. The summed E-state index contributed by atoms with van der Waals surface area (Å²) >= 11 is 6.44. The summed E-state index contributed by atoms with van der Waals surface area (Å²) in [6.07, 6.45) is -1.24. The molecule has 0 spiro atoms. The number of aliphatic hydroxyl groups excluding tert-OH is 1. The minimum absolute atomic E-state index is 0.0973. The average molecular weight is 764 g/mol. The maximum absolute atomic E-state index is 9.87. The molecule has 2 rings (SSSR count). The van der Waals surface area contributed by atoms with Gasteiger partial charge < -0.3 is 47.4 Å². The molecule has 2 aliphatic rings. The third kappa shape index (κ3) is 18.6. The predicted molar refractivity (Wildman–Crippen MR) is 204 cm³/mol. The summed E-state index contributed by atoms with van der Waals surface area (Å²) in [6.45, 7) is 26.3. The Morgan fingerprint density at radius 3 is 1.92 bits per heavy atom.